The van der Waals surface area contributed by atoms with Gasteiger partial charge < -0.3 is 10.1 Å². The van der Waals surface area contributed by atoms with Crippen LogP contribution in [-0.4, -0.2) is 17.7 Å². The van der Waals surface area contributed by atoms with Gasteiger partial charge in [-0.1, -0.05) is 36.4 Å². The van der Waals surface area contributed by atoms with Gasteiger partial charge >= 0.3 is 6.09 Å². The van der Waals surface area contributed by atoms with E-state index in [1.54, 1.807) is 6.20 Å². The Labute approximate surface area is 118 Å². The van der Waals surface area contributed by atoms with Gasteiger partial charge in [-0.25, -0.2) is 4.79 Å². The van der Waals surface area contributed by atoms with Crippen LogP contribution >= 0.6 is 0 Å². The minimum absolute atomic E-state index is 0.380. The molecule has 1 amide bonds. The SMILES string of the molecule is O=C(NCc1ccccc1)OCCCc1ccccn1. The van der Waals surface area contributed by atoms with Gasteiger partial charge in [0.15, 0.2) is 0 Å². The first-order chi connectivity index (χ1) is 9.84. The van der Waals surface area contributed by atoms with Crippen LogP contribution in [0.15, 0.2) is 54.7 Å². The van der Waals surface area contributed by atoms with Crippen LogP contribution in [0.5, 0.6) is 0 Å². The van der Waals surface area contributed by atoms with Crippen LogP contribution in [0, 0.1) is 0 Å². The van der Waals surface area contributed by atoms with Gasteiger partial charge in [0.1, 0.15) is 0 Å². The number of benzene rings is 1. The van der Waals surface area contributed by atoms with E-state index in [1.165, 1.54) is 0 Å². The molecule has 4 nitrogen and oxygen atoms in total. The Morgan fingerprint density at radius 3 is 2.65 bits per heavy atom. The lowest BCUT2D eigenvalue weighted by Crippen LogP contribution is -2.24. The molecule has 0 atom stereocenters. The second kappa shape index (κ2) is 7.94. The lowest BCUT2D eigenvalue weighted by atomic mass is 10.2. The average molecular weight is 270 g/mol. The van der Waals surface area contributed by atoms with Gasteiger partial charge in [0, 0.05) is 18.4 Å². The molecule has 0 aliphatic heterocycles. The van der Waals surface area contributed by atoms with Crippen molar-refractivity contribution in [2.24, 2.45) is 0 Å². The standard InChI is InChI=1S/C16H18N2O2/c19-16(18-13-14-7-2-1-3-8-14)20-12-6-10-15-9-4-5-11-17-15/h1-5,7-9,11H,6,10,12-13H2,(H,18,19). The van der Waals surface area contributed by atoms with Gasteiger partial charge in [-0.05, 0) is 30.5 Å². The largest absolute Gasteiger partial charge is 0.450 e. The number of aryl methyl sites for hydroxylation is 1. The van der Waals surface area contributed by atoms with Gasteiger partial charge in [0.25, 0.3) is 0 Å². The van der Waals surface area contributed by atoms with E-state index >= 15 is 0 Å². The number of rotatable bonds is 6. The van der Waals surface area contributed by atoms with Crippen LogP contribution in [0.25, 0.3) is 0 Å². The highest BCUT2D eigenvalue weighted by atomic mass is 16.5. The van der Waals surface area contributed by atoms with E-state index in [0.29, 0.717) is 13.2 Å². The topological polar surface area (TPSA) is 51.2 Å². The van der Waals surface area contributed by atoms with Gasteiger partial charge in [0.05, 0.1) is 6.61 Å². The first kappa shape index (κ1) is 14.1. The van der Waals surface area contributed by atoms with E-state index in [1.807, 2.05) is 48.5 Å². The zero-order chi connectivity index (χ0) is 14.0. The number of nitrogens with one attached hydrogen (secondary N) is 1. The van der Waals surface area contributed by atoms with E-state index in [2.05, 4.69) is 10.3 Å². The normalized spacial score (nSPS) is 10.0. The Morgan fingerprint density at radius 2 is 1.90 bits per heavy atom. The molecule has 0 fully saturated rings. The number of hydrogen-bond donors (Lipinski definition) is 1. The molecule has 0 spiro atoms. The maximum atomic E-state index is 11.5. The van der Waals surface area contributed by atoms with Gasteiger partial charge in [-0.3, -0.25) is 4.98 Å². The van der Waals surface area contributed by atoms with Gasteiger partial charge in [0.2, 0.25) is 0 Å². The Morgan fingerprint density at radius 1 is 1.10 bits per heavy atom. The molecule has 0 aliphatic rings. The molecule has 1 heterocycles. The molecule has 1 aromatic heterocycles. The Bertz CT molecular complexity index is 515. The Hall–Kier alpha value is -2.36. The highest BCUT2D eigenvalue weighted by Crippen LogP contribution is 2.00. The van der Waals surface area contributed by atoms with Crippen LogP contribution in [-0.2, 0) is 17.7 Å². The summed E-state index contributed by atoms with van der Waals surface area (Å²) in [5, 5.41) is 2.72. The second-order valence-corrected chi connectivity index (χ2v) is 4.40. The third kappa shape index (κ3) is 5.10. The quantitative estimate of drug-likeness (QED) is 0.821. The van der Waals surface area contributed by atoms with Crippen molar-refractivity contribution in [3.05, 3.63) is 66.0 Å². The summed E-state index contributed by atoms with van der Waals surface area (Å²) >= 11 is 0. The maximum Gasteiger partial charge on any atom is 0.407 e. The first-order valence-electron chi connectivity index (χ1n) is 6.69. The molecular weight excluding hydrogens is 252 g/mol. The van der Waals surface area contributed by atoms with Crippen molar-refractivity contribution >= 4 is 6.09 Å². The van der Waals surface area contributed by atoms with E-state index in [0.717, 1.165) is 24.1 Å². The third-order valence-electron chi connectivity index (χ3n) is 2.82. The molecule has 4 heteroatoms. The fraction of sp³-hybridized carbons (Fsp3) is 0.250. The zero-order valence-electron chi connectivity index (χ0n) is 11.3. The van der Waals surface area contributed by atoms with Crippen molar-refractivity contribution < 1.29 is 9.53 Å². The summed E-state index contributed by atoms with van der Waals surface area (Å²) < 4.78 is 5.11. The molecule has 0 aliphatic carbocycles. The number of amides is 1. The predicted octanol–water partition coefficient (Wildman–Crippen LogP) is 2.94. The summed E-state index contributed by atoms with van der Waals surface area (Å²) in [6.07, 6.45) is 2.97. The molecular formula is C16H18N2O2. The Balaban J connectivity index is 1.59. The van der Waals surface area contributed by atoms with E-state index in [9.17, 15) is 4.79 Å². The van der Waals surface area contributed by atoms with Crippen molar-refractivity contribution in [1.82, 2.24) is 10.3 Å². The average Bonchev–Trinajstić information content (AvgIpc) is 2.52. The van der Waals surface area contributed by atoms with Crippen molar-refractivity contribution in [3.8, 4) is 0 Å². The van der Waals surface area contributed by atoms with E-state index in [4.69, 9.17) is 4.74 Å². The molecule has 0 radical (unpaired) electrons. The van der Waals surface area contributed by atoms with Crippen molar-refractivity contribution in [2.45, 2.75) is 19.4 Å². The molecule has 0 saturated heterocycles. The van der Waals surface area contributed by atoms with Gasteiger partial charge in [-0.15, -0.1) is 0 Å². The summed E-state index contributed by atoms with van der Waals surface area (Å²) in [4.78, 5) is 15.7. The number of aromatic nitrogens is 1. The lowest BCUT2D eigenvalue weighted by Gasteiger charge is -2.07. The molecule has 104 valence electrons. The number of alkyl carbamates (subject to hydrolysis) is 1. The zero-order valence-corrected chi connectivity index (χ0v) is 11.3. The first-order valence-corrected chi connectivity index (χ1v) is 6.69. The predicted molar refractivity (Wildman–Crippen MR) is 77.2 cm³/mol. The summed E-state index contributed by atoms with van der Waals surface area (Å²) in [5.41, 5.74) is 2.07. The molecule has 0 saturated carbocycles. The summed E-state index contributed by atoms with van der Waals surface area (Å²) in [5.74, 6) is 0. The molecule has 0 bridgehead atoms. The molecule has 2 aromatic rings. The monoisotopic (exact) mass is 270 g/mol. The number of pyridine rings is 1. The number of nitrogens with zero attached hydrogens (tertiary/aromatic N) is 1. The van der Waals surface area contributed by atoms with Crippen LogP contribution in [0.3, 0.4) is 0 Å². The smallest absolute Gasteiger partial charge is 0.407 e. The van der Waals surface area contributed by atoms with Crippen molar-refractivity contribution in [1.29, 1.82) is 0 Å². The summed E-state index contributed by atoms with van der Waals surface area (Å²) in [6.45, 7) is 0.886. The van der Waals surface area contributed by atoms with E-state index in [-0.39, 0.29) is 6.09 Å². The van der Waals surface area contributed by atoms with Crippen molar-refractivity contribution in [3.63, 3.8) is 0 Å². The van der Waals surface area contributed by atoms with Crippen molar-refractivity contribution in [2.75, 3.05) is 6.61 Å². The highest BCUT2D eigenvalue weighted by Gasteiger charge is 2.01. The number of carbonyl (C=O) groups excluding carboxylic acids is 1. The number of hydrogen-bond acceptors (Lipinski definition) is 3. The lowest BCUT2D eigenvalue weighted by molar-refractivity contribution is 0.144. The fourth-order valence-corrected chi connectivity index (χ4v) is 1.79. The van der Waals surface area contributed by atoms with E-state index < -0.39 is 0 Å². The molecule has 0 unspecified atom stereocenters. The fourth-order valence-electron chi connectivity index (χ4n) is 1.79. The second-order valence-electron chi connectivity index (χ2n) is 4.40. The molecule has 20 heavy (non-hydrogen) atoms. The molecule has 2 rings (SSSR count). The van der Waals surface area contributed by atoms with Crippen LogP contribution in [0.1, 0.15) is 17.7 Å². The molecule has 1 N–H and O–H groups in total. The molecule has 1 aromatic carbocycles. The minimum atomic E-state index is -0.380. The number of ether oxygens (including phenoxy) is 1. The maximum absolute atomic E-state index is 11.5. The van der Waals surface area contributed by atoms with Crippen LogP contribution in [0.4, 0.5) is 4.79 Å². The summed E-state index contributed by atoms with van der Waals surface area (Å²) in [6, 6.07) is 15.6. The Kier molecular flexibility index (Phi) is 5.58. The van der Waals surface area contributed by atoms with Gasteiger partial charge in [-0.2, -0.15) is 0 Å². The highest BCUT2D eigenvalue weighted by molar-refractivity contribution is 5.67. The van der Waals surface area contributed by atoms with Crippen LogP contribution in [0.2, 0.25) is 0 Å². The minimum Gasteiger partial charge on any atom is -0.450 e. The summed E-state index contributed by atoms with van der Waals surface area (Å²) in [7, 11) is 0. The third-order valence-corrected chi connectivity index (χ3v) is 2.82. The number of carbonyl (C=O) groups is 1. The van der Waals surface area contributed by atoms with Crippen LogP contribution < -0.4 is 5.32 Å².